The molecule has 0 aromatic heterocycles. The number of anilines is 1. The summed E-state index contributed by atoms with van der Waals surface area (Å²) in [5, 5.41) is 1.77. The van der Waals surface area contributed by atoms with Crippen molar-refractivity contribution in [3.05, 3.63) is 53.6 Å². The second-order valence-corrected chi connectivity index (χ2v) is 4.78. The van der Waals surface area contributed by atoms with Crippen LogP contribution in [0.1, 0.15) is 11.1 Å². The van der Waals surface area contributed by atoms with Crippen LogP contribution >= 0.6 is 0 Å². The van der Waals surface area contributed by atoms with Gasteiger partial charge in [-0.05, 0) is 55.3 Å². The van der Waals surface area contributed by atoms with Gasteiger partial charge in [-0.3, -0.25) is 4.79 Å². The molecule has 3 nitrogen and oxygen atoms in total. The summed E-state index contributed by atoms with van der Waals surface area (Å²) in [6, 6.07) is 11.3. The molecule has 0 aliphatic carbocycles. The third kappa shape index (κ3) is 3.78. The summed E-state index contributed by atoms with van der Waals surface area (Å²) in [6.07, 6.45) is -4.91. The van der Waals surface area contributed by atoms with E-state index in [0.717, 1.165) is 11.1 Å². The lowest BCUT2D eigenvalue weighted by Crippen LogP contribution is -2.29. The molecule has 0 spiro atoms. The highest BCUT2D eigenvalue weighted by atomic mass is 19.4. The number of carbonyl (C=O) groups is 1. The first-order valence-corrected chi connectivity index (χ1v) is 6.49. The van der Waals surface area contributed by atoms with Crippen molar-refractivity contribution in [3.8, 4) is 11.5 Å². The maximum Gasteiger partial charge on any atom is 0.471 e. The van der Waals surface area contributed by atoms with Gasteiger partial charge in [0.1, 0.15) is 11.5 Å². The number of halogens is 3. The van der Waals surface area contributed by atoms with Gasteiger partial charge >= 0.3 is 12.1 Å². The van der Waals surface area contributed by atoms with Crippen molar-refractivity contribution in [2.75, 3.05) is 5.32 Å². The van der Waals surface area contributed by atoms with E-state index < -0.39 is 12.1 Å². The molecular weight excluding hydrogens is 295 g/mol. The Kier molecular flexibility index (Phi) is 4.40. The van der Waals surface area contributed by atoms with Crippen LogP contribution < -0.4 is 10.1 Å². The van der Waals surface area contributed by atoms with E-state index in [1.807, 2.05) is 32.0 Å². The van der Waals surface area contributed by atoms with Crippen LogP contribution in [0.15, 0.2) is 42.5 Å². The Morgan fingerprint density at radius 2 is 1.68 bits per heavy atom. The Labute approximate surface area is 125 Å². The van der Waals surface area contributed by atoms with Crippen LogP contribution in [0.4, 0.5) is 18.9 Å². The highest BCUT2D eigenvalue weighted by Crippen LogP contribution is 2.28. The smallest absolute Gasteiger partial charge is 0.457 e. The number of hydrogen-bond donors (Lipinski definition) is 1. The van der Waals surface area contributed by atoms with Crippen molar-refractivity contribution in [2.45, 2.75) is 20.0 Å². The molecule has 0 bridgehead atoms. The highest BCUT2D eigenvalue weighted by Gasteiger charge is 2.38. The maximum atomic E-state index is 12.1. The summed E-state index contributed by atoms with van der Waals surface area (Å²) in [5.74, 6) is -0.860. The molecule has 22 heavy (non-hydrogen) atoms. The van der Waals surface area contributed by atoms with Crippen molar-refractivity contribution in [1.29, 1.82) is 0 Å². The second kappa shape index (κ2) is 6.09. The maximum absolute atomic E-state index is 12.1. The van der Waals surface area contributed by atoms with Crippen LogP contribution in [-0.4, -0.2) is 12.1 Å². The van der Waals surface area contributed by atoms with Crippen molar-refractivity contribution < 1.29 is 22.7 Å². The number of hydrogen-bond acceptors (Lipinski definition) is 2. The molecule has 0 radical (unpaired) electrons. The molecule has 2 aromatic carbocycles. The van der Waals surface area contributed by atoms with Crippen molar-refractivity contribution in [2.24, 2.45) is 0 Å². The van der Waals surface area contributed by atoms with E-state index in [4.69, 9.17) is 4.74 Å². The first kappa shape index (κ1) is 15.9. The van der Waals surface area contributed by atoms with Crippen LogP contribution in [0.3, 0.4) is 0 Å². The zero-order valence-electron chi connectivity index (χ0n) is 12.0. The molecule has 0 aliphatic heterocycles. The fraction of sp³-hybridized carbons (Fsp3) is 0.188. The molecule has 1 amide bonds. The highest BCUT2D eigenvalue weighted by molar-refractivity contribution is 5.94. The van der Waals surface area contributed by atoms with Crippen LogP contribution in [0.2, 0.25) is 0 Å². The Bertz CT molecular complexity index is 679. The molecular formula is C16H14F3NO2. The molecule has 0 atom stereocenters. The molecule has 0 heterocycles. The van der Waals surface area contributed by atoms with E-state index in [9.17, 15) is 18.0 Å². The topological polar surface area (TPSA) is 38.3 Å². The zero-order valence-corrected chi connectivity index (χ0v) is 12.0. The average Bonchev–Trinajstić information content (AvgIpc) is 2.45. The fourth-order valence-corrected chi connectivity index (χ4v) is 1.77. The lowest BCUT2D eigenvalue weighted by molar-refractivity contribution is -0.167. The molecule has 0 saturated carbocycles. The lowest BCUT2D eigenvalue weighted by atomic mass is 10.1. The van der Waals surface area contributed by atoms with E-state index in [-0.39, 0.29) is 5.69 Å². The average molecular weight is 309 g/mol. The van der Waals surface area contributed by atoms with Crippen molar-refractivity contribution >= 4 is 11.6 Å². The van der Waals surface area contributed by atoms with E-state index >= 15 is 0 Å². The van der Waals surface area contributed by atoms with Gasteiger partial charge in [0.15, 0.2) is 0 Å². The van der Waals surface area contributed by atoms with Gasteiger partial charge in [0.05, 0.1) is 0 Å². The zero-order chi connectivity index (χ0) is 16.3. The fourth-order valence-electron chi connectivity index (χ4n) is 1.77. The summed E-state index contributed by atoms with van der Waals surface area (Å²) < 4.78 is 42.1. The van der Waals surface area contributed by atoms with Crippen LogP contribution in [0, 0.1) is 13.8 Å². The van der Waals surface area contributed by atoms with Gasteiger partial charge in [-0.25, -0.2) is 0 Å². The second-order valence-electron chi connectivity index (χ2n) is 4.78. The van der Waals surface area contributed by atoms with E-state index in [2.05, 4.69) is 0 Å². The predicted octanol–water partition coefficient (Wildman–Crippen LogP) is 4.60. The molecule has 0 unspecified atom stereocenters. The quantitative estimate of drug-likeness (QED) is 0.900. The first-order valence-electron chi connectivity index (χ1n) is 6.49. The van der Waals surface area contributed by atoms with Gasteiger partial charge in [-0.1, -0.05) is 12.1 Å². The number of ether oxygens (including phenoxy) is 1. The van der Waals surface area contributed by atoms with Gasteiger partial charge in [0.25, 0.3) is 0 Å². The van der Waals surface area contributed by atoms with E-state index in [1.165, 1.54) is 24.3 Å². The van der Waals surface area contributed by atoms with Gasteiger partial charge in [-0.15, -0.1) is 0 Å². The number of rotatable bonds is 3. The predicted molar refractivity (Wildman–Crippen MR) is 77.1 cm³/mol. The summed E-state index contributed by atoms with van der Waals surface area (Å²) >= 11 is 0. The molecule has 1 N–H and O–H groups in total. The third-order valence-electron chi connectivity index (χ3n) is 3.15. The summed E-state index contributed by atoms with van der Waals surface area (Å²) in [4.78, 5) is 10.8. The standard InChI is InChI=1S/C16H14F3NO2/c1-10-4-3-5-14(11(10)2)22-13-8-6-12(7-9-13)20-15(21)16(17,18)19/h3-9H,1-2H3,(H,20,21). The van der Waals surface area contributed by atoms with Crippen molar-refractivity contribution in [3.63, 3.8) is 0 Å². The number of amides is 1. The molecule has 0 saturated heterocycles. The molecule has 0 aliphatic rings. The summed E-state index contributed by atoms with van der Waals surface area (Å²) in [7, 11) is 0. The van der Waals surface area contributed by atoms with Gasteiger partial charge in [0.2, 0.25) is 0 Å². The lowest BCUT2D eigenvalue weighted by Gasteiger charge is -2.11. The normalized spacial score (nSPS) is 11.1. The van der Waals surface area contributed by atoms with Crippen LogP contribution in [-0.2, 0) is 4.79 Å². The van der Waals surface area contributed by atoms with Crippen molar-refractivity contribution in [1.82, 2.24) is 0 Å². The minimum atomic E-state index is -4.91. The number of benzene rings is 2. The SMILES string of the molecule is Cc1cccc(Oc2ccc(NC(=O)C(F)(F)F)cc2)c1C. The Morgan fingerprint density at radius 3 is 2.27 bits per heavy atom. The Morgan fingerprint density at radius 1 is 1.05 bits per heavy atom. The minimum absolute atomic E-state index is 0.0515. The number of nitrogens with one attached hydrogen (secondary N) is 1. The molecule has 116 valence electrons. The van der Waals surface area contributed by atoms with Crippen LogP contribution in [0.25, 0.3) is 0 Å². The number of aryl methyl sites for hydroxylation is 1. The largest absolute Gasteiger partial charge is 0.471 e. The Hall–Kier alpha value is -2.50. The van der Waals surface area contributed by atoms with E-state index in [0.29, 0.717) is 11.5 Å². The van der Waals surface area contributed by atoms with E-state index in [1.54, 1.807) is 5.32 Å². The molecule has 2 aromatic rings. The first-order chi connectivity index (χ1) is 10.3. The summed E-state index contributed by atoms with van der Waals surface area (Å²) in [6.45, 7) is 3.88. The number of alkyl halides is 3. The van der Waals surface area contributed by atoms with Gasteiger partial charge in [-0.2, -0.15) is 13.2 Å². The monoisotopic (exact) mass is 309 g/mol. The molecule has 2 rings (SSSR count). The minimum Gasteiger partial charge on any atom is -0.457 e. The molecule has 6 heteroatoms. The number of carbonyl (C=O) groups excluding carboxylic acids is 1. The van der Waals surface area contributed by atoms with Gasteiger partial charge in [0, 0.05) is 5.69 Å². The van der Waals surface area contributed by atoms with Crippen LogP contribution in [0.5, 0.6) is 11.5 Å². The Balaban J connectivity index is 2.09. The summed E-state index contributed by atoms with van der Waals surface area (Å²) in [5.41, 5.74) is 2.11. The van der Waals surface area contributed by atoms with Gasteiger partial charge < -0.3 is 10.1 Å². The molecule has 0 fully saturated rings. The third-order valence-corrected chi connectivity index (χ3v) is 3.15.